The molecule has 5 unspecified atom stereocenters. The Morgan fingerprint density at radius 1 is 1.25 bits per heavy atom. The molecule has 2 saturated carbocycles. The van der Waals surface area contributed by atoms with E-state index in [1.165, 1.54) is 25.7 Å². The molecule has 0 saturated heterocycles. The zero-order valence-corrected chi connectivity index (χ0v) is 11.0. The van der Waals surface area contributed by atoms with E-state index in [1.54, 1.807) is 0 Å². The first-order valence-electron chi connectivity index (χ1n) is 7.40. The summed E-state index contributed by atoms with van der Waals surface area (Å²) in [7, 11) is 0. The Morgan fingerprint density at radius 3 is 2.38 bits per heavy atom. The van der Waals surface area contributed by atoms with E-state index in [-0.39, 0.29) is 0 Å². The molecule has 5 atom stereocenters. The van der Waals surface area contributed by atoms with Gasteiger partial charge in [-0.1, -0.05) is 39.3 Å². The highest BCUT2D eigenvalue weighted by atomic mass is 14.5. The number of allylic oxidation sites excluding steroid dienone is 2. The molecule has 2 fully saturated rings. The highest BCUT2D eigenvalue weighted by Crippen LogP contribution is 2.56. The second-order valence-electron chi connectivity index (χ2n) is 6.69. The van der Waals surface area contributed by atoms with Gasteiger partial charge in [-0.3, -0.25) is 0 Å². The van der Waals surface area contributed by atoms with Crippen LogP contribution in [0.1, 0.15) is 46.5 Å². The summed E-state index contributed by atoms with van der Waals surface area (Å²) in [5.74, 6) is 7.06. The van der Waals surface area contributed by atoms with Gasteiger partial charge in [-0.2, -0.15) is 0 Å². The number of hydrogen-bond donors (Lipinski definition) is 0. The zero-order chi connectivity index (χ0) is 11.3. The van der Waals surface area contributed by atoms with Gasteiger partial charge in [0.05, 0.1) is 0 Å². The van der Waals surface area contributed by atoms with Crippen molar-refractivity contribution in [3.05, 3.63) is 12.2 Å². The minimum absolute atomic E-state index is 0.891. The Bertz CT molecular complexity index is 280. The number of rotatable bonds is 5. The molecule has 0 heteroatoms. The maximum absolute atomic E-state index is 2.54. The van der Waals surface area contributed by atoms with E-state index in [1.807, 2.05) is 0 Å². The Hall–Kier alpha value is -0.260. The highest BCUT2D eigenvalue weighted by Gasteiger charge is 2.49. The lowest BCUT2D eigenvalue weighted by molar-refractivity contribution is -0.00125. The van der Waals surface area contributed by atoms with E-state index in [4.69, 9.17) is 0 Å². The summed E-state index contributed by atoms with van der Waals surface area (Å²) in [5, 5.41) is 0. The van der Waals surface area contributed by atoms with Gasteiger partial charge in [-0.15, -0.1) is 0 Å². The van der Waals surface area contributed by atoms with Crippen LogP contribution in [0.2, 0.25) is 0 Å². The molecule has 0 aromatic carbocycles. The first kappa shape index (κ1) is 10.9. The van der Waals surface area contributed by atoms with E-state index >= 15 is 0 Å². The first-order valence-corrected chi connectivity index (χ1v) is 7.40. The molecule has 0 bridgehead atoms. The molecule has 0 spiro atoms. The fourth-order valence-corrected chi connectivity index (χ4v) is 4.44. The van der Waals surface area contributed by atoms with Crippen LogP contribution in [0.3, 0.4) is 0 Å². The van der Waals surface area contributed by atoms with Crippen LogP contribution in [0.25, 0.3) is 0 Å². The molecule has 0 aliphatic heterocycles. The van der Waals surface area contributed by atoms with Gasteiger partial charge in [0.1, 0.15) is 0 Å². The van der Waals surface area contributed by atoms with Crippen molar-refractivity contribution in [2.75, 3.05) is 0 Å². The van der Waals surface area contributed by atoms with Crippen molar-refractivity contribution in [2.24, 2.45) is 41.4 Å². The van der Waals surface area contributed by atoms with Crippen LogP contribution >= 0.6 is 0 Å². The summed E-state index contributed by atoms with van der Waals surface area (Å²) in [5.41, 5.74) is 0. The summed E-state index contributed by atoms with van der Waals surface area (Å²) in [6.07, 6.45) is 10.9. The van der Waals surface area contributed by atoms with Crippen LogP contribution in [-0.4, -0.2) is 0 Å². The lowest BCUT2D eigenvalue weighted by atomic mass is 9.56. The molecule has 3 aliphatic carbocycles. The summed E-state index contributed by atoms with van der Waals surface area (Å²) >= 11 is 0. The Kier molecular flexibility index (Phi) is 2.64. The Balaban J connectivity index is 1.68. The molecule has 0 aromatic heterocycles. The van der Waals surface area contributed by atoms with Gasteiger partial charge in [0.25, 0.3) is 0 Å². The van der Waals surface area contributed by atoms with Crippen molar-refractivity contribution in [1.82, 2.24) is 0 Å². The zero-order valence-electron chi connectivity index (χ0n) is 11.0. The van der Waals surface area contributed by atoms with Crippen LogP contribution in [0.5, 0.6) is 0 Å². The largest absolute Gasteiger partial charge is 0.0807 e. The molecule has 16 heavy (non-hydrogen) atoms. The molecule has 3 aliphatic rings. The second kappa shape index (κ2) is 3.89. The van der Waals surface area contributed by atoms with Crippen molar-refractivity contribution < 1.29 is 0 Å². The van der Waals surface area contributed by atoms with Gasteiger partial charge in [-0.05, 0) is 60.7 Å². The van der Waals surface area contributed by atoms with Crippen LogP contribution in [0.15, 0.2) is 12.2 Å². The summed E-state index contributed by atoms with van der Waals surface area (Å²) in [6.45, 7) is 7.40. The molecule has 0 N–H and O–H groups in total. The second-order valence-corrected chi connectivity index (χ2v) is 6.69. The molecule has 3 rings (SSSR count). The van der Waals surface area contributed by atoms with Gasteiger partial charge in [0.15, 0.2) is 0 Å². The Labute approximate surface area is 101 Å². The average molecular weight is 218 g/mol. The third-order valence-corrected chi connectivity index (χ3v) is 5.72. The highest BCUT2D eigenvalue weighted by molar-refractivity contribution is 5.19. The van der Waals surface area contributed by atoms with Gasteiger partial charge < -0.3 is 0 Å². The SMILES string of the molecule is CCC1C(C)CC1C(C1C=C1)C(C)C1CC1. The Morgan fingerprint density at radius 2 is 1.94 bits per heavy atom. The molecule has 0 nitrogen and oxygen atoms in total. The fraction of sp³-hybridized carbons (Fsp3) is 0.875. The van der Waals surface area contributed by atoms with Crippen LogP contribution < -0.4 is 0 Å². The smallest absolute Gasteiger partial charge is 0.00194 e. The fourth-order valence-electron chi connectivity index (χ4n) is 4.44. The average Bonchev–Trinajstić information content (AvgIpc) is 3.09. The van der Waals surface area contributed by atoms with Gasteiger partial charge in [0.2, 0.25) is 0 Å². The predicted octanol–water partition coefficient (Wildman–Crippen LogP) is 4.52. The van der Waals surface area contributed by atoms with Crippen LogP contribution in [0, 0.1) is 41.4 Å². The first-order chi connectivity index (χ1) is 7.72. The third kappa shape index (κ3) is 1.75. The summed E-state index contributed by atoms with van der Waals surface area (Å²) < 4.78 is 0. The van der Waals surface area contributed by atoms with E-state index in [2.05, 4.69) is 32.9 Å². The van der Waals surface area contributed by atoms with E-state index < -0.39 is 0 Å². The van der Waals surface area contributed by atoms with Crippen LogP contribution in [-0.2, 0) is 0 Å². The summed E-state index contributed by atoms with van der Waals surface area (Å²) in [6, 6.07) is 0. The normalized spacial score (nSPS) is 41.6. The molecule has 0 aromatic rings. The third-order valence-electron chi connectivity index (χ3n) is 5.72. The maximum Gasteiger partial charge on any atom is -0.00194 e. The standard InChI is InChI=1S/C16H26/c1-4-14-10(2)9-15(14)16(13-7-8-13)11(3)12-5-6-12/h7-8,10-16H,4-6,9H2,1-3H3. The topological polar surface area (TPSA) is 0 Å². The predicted molar refractivity (Wildman–Crippen MR) is 69.1 cm³/mol. The van der Waals surface area contributed by atoms with Crippen molar-refractivity contribution >= 4 is 0 Å². The summed E-state index contributed by atoms with van der Waals surface area (Å²) in [4.78, 5) is 0. The van der Waals surface area contributed by atoms with Gasteiger partial charge in [-0.25, -0.2) is 0 Å². The van der Waals surface area contributed by atoms with Crippen molar-refractivity contribution in [1.29, 1.82) is 0 Å². The molecule has 90 valence electrons. The van der Waals surface area contributed by atoms with Crippen LogP contribution in [0.4, 0.5) is 0 Å². The molecular formula is C16H26. The van der Waals surface area contributed by atoms with Crippen molar-refractivity contribution in [2.45, 2.75) is 46.5 Å². The molecule has 0 amide bonds. The maximum atomic E-state index is 2.54. The molecular weight excluding hydrogens is 192 g/mol. The van der Waals surface area contributed by atoms with E-state index in [9.17, 15) is 0 Å². The molecule has 0 heterocycles. The number of hydrogen-bond acceptors (Lipinski definition) is 0. The quantitative estimate of drug-likeness (QED) is 0.595. The minimum atomic E-state index is 0.891. The van der Waals surface area contributed by atoms with E-state index in [0.717, 1.165) is 41.4 Å². The van der Waals surface area contributed by atoms with Gasteiger partial charge in [0, 0.05) is 0 Å². The molecule has 0 radical (unpaired) electrons. The van der Waals surface area contributed by atoms with E-state index in [0.29, 0.717) is 0 Å². The van der Waals surface area contributed by atoms with Gasteiger partial charge >= 0.3 is 0 Å². The van der Waals surface area contributed by atoms with Crippen molar-refractivity contribution in [3.63, 3.8) is 0 Å². The lowest BCUT2D eigenvalue weighted by Crippen LogP contribution is -2.43. The monoisotopic (exact) mass is 218 g/mol. The lowest BCUT2D eigenvalue weighted by Gasteiger charge is -2.49. The minimum Gasteiger partial charge on any atom is -0.0807 e. The van der Waals surface area contributed by atoms with Crippen molar-refractivity contribution in [3.8, 4) is 0 Å².